The Bertz CT molecular complexity index is 708. The fourth-order valence-electron chi connectivity index (χ4n) is 4.51. The van der Waals surface area contributed by atoms with Gasteiger partial charge in [0.1, 0.15) is 0 Å². The number of hydrogen-bond acceptors (Lipinski definition) is 3. The standard InChI is InChI=1S/C22H30N2O3/c25-21(10-16-7-8-17-3-1-2-4-18(17)9-16)23-19-11-20(12-19)24(14-22(26)27)13-15-5-6-15/h7-9,15,19-20H,1-6,10-14H2,(H,23,25)(H,26,27). The van der Waals surface area contributed by atoms with Crippen LogP contribution >= 0.6 is 0 Å². The van der Waals surface area contributed by atoms with Crippen molar-refractivity contribution in [2.75, 3.05) is 13.1 Å². The Labute approximate surface area is 161 Å². The molecule has 0 atom stereocenters. The van der Waals surface area contributed by atoms with E-state index >= 15 is 0 Å². The summed E-state index contributed by atoms with van der Waals surface area (Å²) in [4.78, 5) is 25.6. The minimum absolute atomic E-state index is 0.0844. The number of carboxylic acid groups (broad SMARTS) is 1. The predicted octanol–water partition coefficient (Wildman–Crippen LogP) is 2.55. The highest BCUT2D eigenvalue weighted by Gasteiger charge is 2.37. The minimum atomic E-state index is -0.754. The van der Waals surface area contributed by atoms with Gasteiger partial charge in [-0.05, 0) is 74.0 Å². The third-order valence-corrected chi connectivity index (χ3v) is 6.30. The summed E-state index contributed by atoms with van der Waals surface area (Å²) in [5.74, 6) is 0.0127. The quantitative estimate of drug-likeness (QED) is 0.738. The first-order valence-electron chi connectivity index (χ1n) is 10.4. The second-order valence-corrected chi connectivity index (χ2v) is 8.64. The number of carboxylic acids is 1. The molecule has 2 saturated carbocycles. The maximum Gasteiger partial charge on any atom is 0.317 e. The molecular weight excluding hydrogens is 340 g/mol. The summed E-state index contributed by atoms with van der Waals surface area (Å²) in [6.07, 6.45) is 9.46. The molecule has 3 aliphatic rings. The zero-order valence-electron chi connectivity index (χ0n) is 16.0. The lowest BCUT2D eigenvalue weighted by molar-refractivity contribution is -0.140. The monoisotopic (exact) mass is 370 g/mol. The van der Waals surface area contributed by atoms with Gasteiger partial charge >= 0.3 is 5.97 Å². The van der Waals surface area contributed by atoms with Gasteiger partial charge in [-0.3, -0.25) is 14.5 Å². The Balaban J connectivity index is 1.24. The molecule has 27 heavy (non-hydrogen) atoms. The molecule has 3 aliphatic carbocycles. The molecule has 0 aliphatic heterocycles. The fraction of sp³-hybridized carbons (Fsp3) is 0.636. The van der Waals surface area contributed by atoms with Crippen molar-refractivity contribution in [3.8, 4) is 0 Å². The predicted molar refractivity (Wildman–Crippen MR) is 104 cm³/mol. The van der Waals surface area contributed by atoms with Crippen molar-refractivity contribution < 1.29 is 14.7 Å². The van der Waals surface area contributed by atoms with Crippen molar-refractivity contribution in [1.29, 1.82) is 0 Å². The molecule has 5 nitrogen and oxygen atoms in total. The molecule has 0 saturated heterocycles. The van der Waals surface area contributed by atoms with E-state index in [1.165, 1.54) is 43.2 Å². The van der Waals surface area contributed by atoms with Gasteiger partial charge in [-0.25, -0.2) is 0 Å². The number of amides is 1. The van der Waals surface area contributed by atoms with Gasteiger partial charge in [-0.2, -0.15) is 0 Å². The van der Waals surface area contributed by atoms with Crippen LogP contribution in [0.1, 0.15) is 55.2 Å². The van der Waals surface area contributed by atoms with Gasteiger partial charge < -0.3 is 10.4 Å². The number of aryl methyl sites for hydroxylation is 2. The van der Waals surface area contributed by atoms with E-state index in [1.807, 2.05) is 0 Å². The first-order valence-corrected chi connectivity index (χ1v) is 10.4. The first-order chi connectivity index (χ1) is 13.1. The second kappa shape index (κ2) is 8.01. The molecule has 0 spiro atoms. The smallest absolute Gasteiger partial charge is 0.317 e. The van der Waals surface area contributed by atoms with Crippen molar-refractivity contribution in [2.45, 2.75) is 69.9 Å². The van der Waals surface area contributed by atoms with Crippen LogP contribution in [0.25, 0.3) is 0 Å². The van der Waals surface area contributed by atoms with E-state index in [9.17, 15) is 9.59 Å². The molecule has 4 rings (SSSR count). The second-order valence-electron chi connectivity index (χ2n) is 8.64. The molecule has 0 bridgehead atoms. The number of benzene rings is 1. The molecule has 1 aromatic carbocycles. The number of nitrogens with one attached hydrogen (secondary N) is 1. The van der Waals surface area contributed by atoms with Crippen molar-refractivity contribution in [3.05, 3.63) is 34.9 Å². The summed E-state index contributed by atoms with van der Waals surface area (Å²) >= 11 is 0. The van der Waals surface area contributed by atoms with Crippen LogP contribution in [0, 0.1) is 5.92 Å². The maximum absolute atomic E-state index is 12.4. The molecule has 146 valence electrons. The molecule has 0 aromatic heterocycles. The molecular formula is C22H30N2O3. The van der Waals surface area contributed by atoms with E-state index in [4.69, 9.17) is 5.11 Å². The molecule has 2 N–H and O–H groups in total. The van der Waals surface area contributed by atoms with Gasteiger partial charge in [0.25, 0.3) is 0 Å². The number of nitrogens with zero attached hydrogens (tertiary/aromatic N) is 1. The highest BCUT2D eigenvalue weighted by molar-refractivity contribution is 5.79. The molecule has 2 fully saturated rings. The van der Waals surface area contributed by atoms with Crippen LogP contribution in [0.3, 0.4) is 0 Å². The Morgan fingerprint density at radius 2 is 1.85 bits per heavy atom. The summed E-state index contributed by atoms with van der Waals surface area (Å²) in [5, 5.41) is 12.3. The molecule has 1 amide bonds. The van der Waals surface area contributed by atoms with Crippen LogP contribution in [0.4, 0.5) is 0 Å². The Morgan fingerprint density at radius 3 is 2.56 bits per heavy atom. The van der Waals surface area contributed by atoms with Crippen LogP contribution < -0.4 is 5.32 Å². The highest BCUT2D eigenvalue weighted by Crippen LogP contribution is 2.33. The van der Waals surface area contributed by atoms with Crippen molar-refractivity contribution >= 4 is 11.9 Å². The molecule has 5 heteroatoms. The number of fused-ring (bicyclic) bond motifs is 1. The van der Waals surface area contributed by atoms with Gasteiger partial charge in [0, 0.05) is 18.6 Å². The van der Waals surface area contributed by atoms with E-state index in [2.05, 4.69) is 28.4 Å². The minimum Gasteiger partial charge on any atom is -0.480 e. The Hall–Kier alpha value is -1.88. The Morgan fingerprint density at radius 1 is 1.11 bits per heavy atom. The lowest BCUT2D eigenvalue weighted by Gasteiger charge is -2.42. The van der Waals surface area contributed by atoms with Gasteiger partial charge in [0.15, 0.2) is 0 Å². The van der Waals surface area contributed by atoms with Crippen LogP contribution in [0.2, 0.25) is 0 Å². The lowest BCUT2D eigenvalue weighted by atomic mass is 9.85. The normalized spacial score (nSPS) is 24.2. The summed E-state index contributed by atoms with van der Waals surface area (Å²) in [6, 6.07) is 6.99. The first kappa shape index (κ1) is 18.5. The van der Waals surface area contributed by atoms with E-state index in [0.29, 0.717) is 18.4 Å². The number of aliphatic carboxylic acids is 1. The van der Waals surface area contributed by atoms with Gasteiger partial charge in [-0.1, -0.05) is 18.2 Å². The summed E-state index contributed by atoms with van der Waals surface area (Å²) in [7, 11) is 0. The van der Waals surface area contributed by atoms with Crippen molar-refractivity contribution in [2.24, 2.45) is 5.92 Å². The third kappa shape index (κ3) is 4.89. The summed E-state index contributed by atoms with van der Waals surface area (Å²) in [6.45, 7) is 1.02. The number of carbonyl (C=O) groups excluding carboxylic acids is 1. The van der Waals surface area contributed by atoms with Crippen LogP contribution in [-0.2, 0) is 28.9 Å². The third-order valence-electron chi connectivity index (χ3n) is 6.30. The van der Waals surface area contributed by atoms with Gasteiger partial charge in [-0.15, -0.1) is 0 Å². The zero-order valence-corrected chi connectivity index (χ0v) is 16.0. The average Bonchev–Trinajstić information content (AvgIpc) is 3.41. The SMILES string of the molecule is O=C(O)CN(CC1CC1)C1CC(NC(=O)Cc2ccc3c(c2)CCCC3)C1. The zero-order chi connectivity index (χ0) is 18.8. The topological polar surface area (TPSA) is 69.6 Å². The number of rotatable bonds is 8. The molecule has 1 aromatic rings. The molecule has 0 radical (unpaired) electrons. The van der Waals surface area contributed by atoms with Crippen LogP contribution in [-0.4, -0.2) is 47.1 Å². The average molecular weight is 370 g/mol. The van der Waals surface area contributed by atoms with Crippen LogP contribution in [0.15, 0.2) is 18.2 Å². The Kier molecular flexibility index (Phi) is 5.48. The van der Waals surface area contributed by atoms with E-state index in [1.54, 1.807) is 0 Å². The molecule has 0 unspecified atom stereocenters. The van der Waals surface area contributed by atoms with Crippen LogP contribution in [0.5, 0.6) is 0 Å². The van der Waals surface area contributed by atoms with Crippen molar-refractivity contribution in [3.63, 3.8) is 0 Å². The maximum atomic E-state index is 12.4. The van der Waals surface area contributed by atoms with E-state index < -0.39 is 5.97 Å². The van der Waals surface area contributed by atoms with E-state index in [0.717, 1.165) is 31.4 Å². The van der Waals surface area contributed by atoms with Gasteiger partial charge in [0.05, 0.1) is 13.0 Å². The summed E-state index contributed by atoms with van der Waals surface area (Å²) in [5.41, 5.74) is 3.96. The largest absolute Gasteiger partial charge is 0.480 e. The van der Waals surface area contributed by atoms with Gasteiger partial charge in [0.2, 0.25) is 5.91 Å². The molecule has 0 heterocycles. The number of carbonyl (C=O) groups is 2. The highest BCUT2D eigenvalue weighted by atomic mass is 16.4. The fourth-order valence-corrected chi connectivity index (χ4v) is 4.51. The lowest BCUT2D eigenvalue weighted by Crippen LogP contribution is -2.55. The van der Waals surface area contributed by atoms with Crippen molar-refractivity contribution in [1.82, 2.24) is 10.2 Å². The summed E-state index contributed by atoms with van der Waals surface area (Å²) < 4.78 is 0. The number of hydrogen-bond donors (Lipinski definition) is 2. The van der Waals surface area contributed by atoms with E-state index in [-0.39, 0.29) is 18.5 Å².